The summed E-state index contributed by atoms with van der Waals surface area (Å²) in [4.78, 5) is 19.4. The molecule has 1 amide bonds. The van der Waals surface area contributed by atoms with Gasteiger partial charge in [-0.3, -0.25) is 19.8 Å². The summed E-state index contributed by atoms with van der Waals surface area (Å²) >= 11 is 0. The molecule has 1 fully saturated rings. The van der Waals surface area contributed by atoms with Gasteiger partial charge in [0, 0.05) is 36.4 Å². The van der Waals surface area contributed by atoms with E-state index in [9.17, 15) is 4.79 Å². The van der Waals surface area contributed by atoms with Crippen LogP contribution in [0, 0.1) is 0 Å². The third-order valence-corrected chi connectivity index (χ3v) is 5.68. The number of likely N-dealkylation sites (tertiary alicyclic amines) is 1. The molecule has 1 aliphatic rings. The minimum absolute atomic E-state index is 0.0919. The van der Waals surface area contributed by atoms with Gasteiger partial charge in [0.05, 0.1) is 11.7 Å². The molecule has 4 aromatic rings. The molecule has 2 N–H and O–H groups in total. The van der Waals surface area contributed by atoms with Gasteiger partial charge in [-0.2, -0.15) is 5.10 Å². The average Bonchev–Trinajstić information content (AvgIpc) is 3.28. The zero-order valence-corrected chi connectivity index (χ0v) is 17.7. The molecule has 0 radical (unpaired) electrons. The Balaban J connectivity index is 1.22. The lowest BCUT2D eigenvalue weighted by Crippen LogP contribution is -2.40. The van der Waals surface area contributed by atoms with E-state index in [0.717, 1.165) is 43.4 Å². The number of ether oxygens (including phenoxy) is 1. The van der Waals surface area contributed by atoms with Gasteiger partial charge in [0.25, 0.3) is 5.91 Å². The molecule has 1 atom stereocenters. The molecule has 7 heteroatoms. The fourth-order valence-corrected chi connectivity index (χ4v) is 4.11. The number of pyridine rings is 1. The van der Waals surface area contributed by atoms with Crippen molar-refractivity contribution in [2.45, 2.75) is 25.5 Å². The van der Waals surface area contributed by atoms with Gasteiger partial charge in [-0.05, 0) is 49.2 Å². The quantitative estimate of drug-likeness (QED) is 0.481. The molecule has 0 unspecified atom stereocenters. The molecule has 2 aromatic carbocycles. The van der Waals surface area contributed by atoms with Gasteiger partial charge >= 0.3 is 0 Å². The summed E-state index contributed by atoms with van der Waals surface area (Å²) in [5.41, 5.74) is 3.25. The number of amides is 1. The molecular formula is C25H25N5O2. The van der Waals surface area contributed by atoms with Crippen LogP contribution in [0.3, 0.4) is 0 Å². The number of nitrogens with zero attached hydrogens (tertiary/aromatic N) is 3. The minimum atomic E-state index is -0.271. The van der Waals surface area contributed by atoms with Crippen LogP contribution in [0.15, 0.2) is 73.1 Å². The van der Waals surface area contributed by atoms with E-state index < -0.39 is 0 Å². The van der Waals surface area contributed by atoms with E-state index in [1.165, 1.54) is 5.56 Å². The standard InChI is InChI=1S/C25H25N5O2/c31-25(28-20-8-9-23-19(13-20)15-27-29-23)24-14-21(10-11-26-24)32-22-7-4-12-30(17-22)16-18-5-2-1-3-6-18/h1-3,5-6,8-11,13-15,22H,4,7,12,16-17H2,(H,27,29)(H,28,31)/t22-/m1/s1. The highest BCUT2D eigenvalue weighted by molar-refractivity contribution is 6.03. The summed E-state index contributed by atoms with van der Waals surface area (Å²) in [6.45, 7) is 2.86. The van der Waals surface area contributed by atoms with E-state index in [1.807, 2.05) is 30.3 Å². The van der Waals surface area contributed by atoms with Crippen molar-refractivity contribution in [1.82, 2.24) is 20.1 Å². The third-order valence-electron chi connectivity index (χ3n) is 5.68. The highest BCUT2D eigenvalue weighted by Gasteiger charge is 2.22. The molecule has 162 valence electrons. The van der Waals surface area contributed by atoms with Gasteiger partial charge in [-0.25, -0.2) is 0 Å². The first kappa shape index (κ1) is 20.2. The molecule has 0 saturated carbocycles. The van der Waals surface area contributed by atoms with E-state index in [4.69, 9.17) is 4.74 Å². The van der Waals surface area contributed by atoms with Crippen molar-refractivity contribution in [3.63, 3.8) is 0 Å². The summed E-state index contributed by atoms with van der Waals surface area (Å²) in [6.07, 6.45) is 5.53. The SMILES string of the molecule is O=C(Nc1ccc2[nH]ncc2c1)c1cc(O[C@@H]2CCCN(Cc3ccccc3)C2)ccn1. The number of anilines is 1. The Bertz CT molecular complexity index is 1210. The summed E-state index contributed by atoms with van der Waals surface area (Å²) in [5, 5.41) is 10.7. The van der Waals surface area contributed by atoms with Crippen molar-refractivity contribution < 1.29 is 9.53 Å². The maximum atomic E-state index is 12.7. The Kier molecular flexibility index (Phi) is 5.81. The highest BCUT2D eigenvalue weighted by Crippen LogP contribution is 2.21. The molecule has 1 aliphatic heterocycles. The van der Waals surface area contributed by atoms with E-state index in [2.05, 4.69) is 49.7 Å². The van der Waals surface area contributed by atoms with Crippen LogP contribution in [0.5, 0.6) is 5.75 Å². The highest BCUT2D eigenvalue weighted by atomic mass is 16.5. The number of aromatic nitrogens is 3. The van der Waals surface area contributed by atoms with Crippen LogP contribution in [0.1, 0.15) is 28.9 Å². The van der Waals surface area contributed by atoms with E-state index in [-0.39, 0.29) is 12.0 Å². The topological polar surface area (TPSA) is 83.1 Å². The molecular weight excluding hydrogens is 402 g/mol. The van der Waals surface area contributed by atoms with Crippen LogP contribution in [0.4, 0.5) is 5.69 Å². The van der Waals surface area contributed by atoms with Crippen LogP contribution in [-0.4, -0.2) is 45.2 Å². The lowest BCUT2D eigenvalue weighted by atomic mass is 10.1. The second-order valence-corrected chi connectivity index (χ2v) is 8.11. The van der Waals surface area contributed by atoms with E-state index in [0.29, 0.717) is 17.1 Å². The fraction of sp³-hybridized carbons (Fsp3) is 0.240. The molecule has 0 spiro atoms. The number of rotatable bonds is 6. The predicted octanol–water partition coefficient (Wildman–Crippen LogP) is 4.25. The molecule has 2 aromatic heterocycles. The normalized spacial score (nSPS) is 16.7. The van der Waals surface area contributed by atoms with Crippen molar-refractivity contribution in [2.75, 3.05) is 18.4 Å². The average molecular weight is 428 g/mol. The molecule has 1 saturated heterocycles. The van der Waals surface area contributed by atoms with Gasteiger partial charge in [-0.15, -0.1) is 0 Å². The Morgan fingerprint density at radius 3 is 2.97 bits per heavy atom. The number of nitrogens with one attached hydrogen (secondary N) is 2. The van der Waals surface area contributed by atoms with E-state index in [1.54, 1.807) is 18.5 Å². The van der Waals surface area contributed by atoms with Gasteiger partial charge in [-0.1, -0.05) is 30.3 Å². The monoisotopic (exact) mass is 427 g/mol. The Morgan fingerprint density at radius 2 is 2.06 bits per heavy atom. The summed E-state index contributed by atoms with van der Waals surface area (Å²) in [6, 6.07) is 19.6. The second-order valence-electron chi connectivity index (χ2n) is 8.11. The van der Waals surface area contributed by atoms with Crippen molar-refractivity contribution in [3.8, 4) is 5.75 Å². The van der Waals surface area contributed by atoms with Crippen LogP contribution < -0.4 is 10.1 Å². The van der Waals surface area contributed by atoms with Gasteiger partial charge in [0.1, 0.15) is 17.5 Å². The molecule has 32 heavy (non-hydrogen) atoms. The molecule has 7 nitrogen and oxygen atoms in total. The Hall–Kier alpha value is -3.71. The number of carbonyl (C=O) groups is 1. The number of fused-ring (bicyclic) bond motifs is 1. The van der Waals surface area contributed by atoms with Crippen molar-refractivity contribution >= 4 is 22.5 Å². The zero-order valence-electron chi connectivity index (χ0n) is 17.7. The Labute approximate surface area is 186 Å². The maximum Gasteiger partial charge on any atom is 0.274 e. The summed E-state index contributed by atoms with van der Waals surface area (Å²) in [5.74, 6) is 0.398. The number of piperidine rings is 1. The van der Waals surface area contributed by atoms with Gasteiger partial charge < -0.3 is 10.1 Å². The van der Waals surface area contributed by atoms with E-state index >= 15 is 0 Å². The number of hydrogen-bond acceptors (Lipinski definition) is 5. The number of H-pyrrole nitrogens is 1. The predicted molar refractivity (Wildman–Crippen MR) is 124 cm³/mol. The molecule has 5 rings (SSSR count). The van der Waals surface area contributed by atoms with Crippen molar-refractivity contribution in [1.29, 1.82) is 0 Å². The fourth-order valence-electron chi connectivity index (χ4n) is 4.11. The summed E-state index contributed by atoms with van der Waals surface area (Å²) < 4.78 is 6.24. The molecule has 0 aliphatic carbocycles. The first-order valence-corrected chi connectivity index (χ1v) is 10.9. The lowest BCUT2D eigenvalue weighted by Gasteiger charge is -2.33. The molecule has 3 heterocycles. The van der Waals surface area contributed by atoms with Gasteiger partial charge in [0.2, 0.25) is 0 Å². The van der Waals surface area contributed by atoms with Crippen LogP contribution in [0.25, 0.3) is 10.9 Å². The van der Waals surface area contributed by atoms with Crippen LogP contribution in [0.2, 0.25) is 0 Å². The van der Waals surface area contributed by atoms with Gasteiger partial charge in [0.15, 0.2) is 0 Å². The Morgan fingerprint density at radius 1 is 1.16 bits per heavy atom. The number of aromatic amines is 1. The first-order chi connectivity index (χ1) is 15.7. The second kappa shape index (κ2) is 9.20. The maximum absolute atomic E-state index is 12.7. The molecule has 0 bridgehead atoms. The largest absolute Gasteiger partial charge is 0.489 e. The summed E-state index contributed by atoms with van der Waals surface area (Å²) in [7, 11) is 0. The number of benzene rings is 2. The number of carbonyl (C=O) groups excluding carboxylic acids is 1. The van der Waals surface area contributed by atoms with Crippen molar-refractivity contribution in [2.24, 2.45) is 0 Å². The van der Waals surface area contributed by atoms with Crippen LogP contribution >= 0.6 is 0 Å². The first-order valence-electron chi connectivity index (χ1n) is 10.9. The van der Waals surface area contributed by atoms with Crippen molar-refractivity contribution in [3.05, 3.63) is 84.3 Å². The number of hydrogen-bond donors (Lipinski definition) is 2. The smallest absolute Gasteiger partial charge is 0.274 e. The third kappa shape index (κ3) is 4.78. The zero-order chi connectivity index (χ0) is 21.8. The lowest BCUT2D eigenvalue weighted by molar-refractivity contribution is 0.0839. The van der Waals surface area contributed by atoms with Crippen LogP contribution in [-0.2, 0) is 6.54 Å². The minimum Gasteiger partial charge on any atom is -0.489 e.